The van der Waals surface area contributed by atoms with Crippen LogP contribution < -0.4 is 0 Å². The highest BCUT2D eigenvalue weighted by molar-refractivity contribution is 6.29. The molecule has 6 heteroatoms. The molecule has 0 amide bonds. The normalized spacial score (nSPS) is 21.8. The molecule has 0 radical (unpaired) electrons. The third-order valence-electron chi connectivity index (χ3n) is 5.62. The quantitative estimate of drug-likeness (QED) is 0.0874. The molecule has 0 aromatic rings. The van der Waals surface area contributed by atoms with Gasteiger partial charge in [0.1, 0.15) is 11.9 Å². The highest BCUT2D eigenvalue weighted by atomic mass is 16.7. The summed E-state index contributed by atoms with van der Waals surface area (Å²) in [5.41, 5.74) is 4.39. The molecule has 1 aliphatic rings. The number of aldehydes is 1. The van der Waals surface area contributed by atoms with E-state index in [4.69, 9.17) is 9.84 Å². The summed E-state index contributed by atoms with van der Waals surface area (Å²) in [5, 5.41) is 18.5. The van der Waals surface area contributed by atoms with Crippen LogP contribution >= 0.6 is 0 Å². The fourth-order valence-electron chi connectivity index (χ4n) is 3.54. The van der Waals surface area contributed by atoms with Crippen LogP contribution in [-0.2, 0) is 19.1 Å². The summed E-state index contributed by atoms with van der Waals surface area (Å²) in [7, 11) is 0. The molecule has 178 valence electrons. The highest BCUT2D eigenvalue weighted by Crippen LogP contribution is 2.37. The van der Waals surface area contributed by atoms with Crippen molar-refractivity contribution in [2.75, 3.05) is 6.61 Å². The first kappa shape index (κ1) is 27.9. The Morgan fingerprint density at radius 3 is 2.53 bits per heavy atom. The molecule has 1 fully saturated rings. The molecule has 2 N–H and O–H groups in total. The van der Waals surface area contributed by atoms with E-state index in [0.29, 0.717) is 25.2 Å². The van der Waals surface area contributed by atoms with Crippen LogP contribution in [0, 0.1) is 11.8 Å². The van der Waals surface area contributed by atoms with Crippen LogP contribution in [0.3, 0.4) is 0 Å². The van der Waals surface area contributed by atoms with Crippen molar-refractivity contribution in [1.29, 1.82) is 0 Å². The zero-order chi connectivity index (χ0) is 24.0. The zero-order valence-corrected chi connectivity index (χ0v) is 19.6. The van der Waals surface area contributed by atoms with Gasteiger partial charge in [0.2, 0.25) is 0 Å². The minimum atomic E-state index is -1.87. The fraction of sp³-hybridized carbons (Fsp3) is 0.615. The molecular weight excluding hydrogens is 408 g/mol. The molecule has 0 aromatic heterocycles. The van der Waals surface area contributed by atoms with Crippen LogP contribution in [0.4, 0.5) is 0 Å². The lowest BCUT2D eigenvalue weighted by Crippen LogP contribution is -2.27. The number of aliphatic hydroxyl groups is 2. The number of Topliss-reactive ketones (excluding diaryl/α,β-unsaturated/α-hetero) is 2. The molecule has 0 saturated carbocycles. The molecule has 0 bridgehead atoms. The predicted octanol–water partition coefficient (Wildman–Crippen LogP) is 4.01. The second-order valence-electron chi connectivity index (χ2n) is 8.65. The van der Waals surface area contributed by atoms with E-state index in [-0.39, 0.29) is 24.6 Å². The number of hydrogen-bond donors (Lipinski definition) is 2. The Kier molecular flexibility index (Phi) is 13.0. The number of ketones is 2. The molecule has 32 heavy (non-hydrogen) atoms. The fourth-order valence-corrected chi connectivity index (χ4v) is 3.54. The molecule has 4 atom stereocenters. The van der Waals surface area contributed by atoms with Gasteiger partial charge in [-0.3, -0.25) is 14.4 Å². The Morgan fingerprint density at radius 1 is 1.09 bits per heavy atom. The smallest absolute Gasteiger partial charge is 0.261 e. The van der Waals surface area contributed by atoms with Crippen molar-refractivity contribution in [3.8, 4) is 0 Å². The zero-order valence-electron chi connectivity index (χ0n) is 19.6. The van der Waals surface area contributed by atoms with Gasteiger partial charge < -0.3 is 14.9 Å². The van der Waals surface area contributed by atoms with E-state index < -0.39 is 17.7 Å². The van der Waals surface area contributed by atoms with E-state index >= 15 is 0 Å². The van der Waals surface area contributed by atoms with E-state index in [0.717, 1.165) is 37.7 Å². The van der Waals surface area contributed by atoms with Gasteiger partial charge in [-0.05, 0) is 56.6 Å². The number of carbonyl (C=O) groups is 3. The van der Waals surface area contributed by atoms with Gasteiger partial charge in [0, 0.05) is 18.9 Å². The largest absolute Gasteiger partial charge is 0.396 e. The minimum absolute atomic E-state index is 0.0116. The lowest BCUT2D eigenvalue weighted by atomic mass is 9.92. The van der Waals surface area contributed by atoms with Gasteiger partial charge in [-0.2, -0.15) is 0 Å². The number of allylic oxidation sites excluding steroid dienone is 5. The summed E-state index contributed by atoms with van der Waals surface area (Å²) in [5.74, 6) is -2.23. The average Bonchev–Trinajstić information content (AvgIpc) is 3.44. The SMILES string of the molecule is CC(=C=C/C=C/C=C/[C@@H](C)CC(C)C(=O)CCCO)CCCCCC1OC1(O)C(=O)C=O. The van der Waals surface area contributed by atoms with E-state index in [9.17, 15) is 19.5 Å². The number of carbonyl (C=O) groups excluding carboxylic acids is 3. The molecule has 0 spiro atoms. The number of aliphatic hydroxyl groups excluding tert-OH is 1. The van der Waals surface area contributed by atoms with Crippen molar-refractivity contribution in [3.05, 3.63) is 41.7 Å². The van der Waals surface area contributed by atoms with Crippen molar-refractivity contribution >= 4 is 17.9 Å². The van der Waals surface area contributed by atoms with Gasteiger partial charge in [-0.25, -0.2) is 0 Å². The van der Waals surface area contributed by atoms with E-state index in [1.54, 1.807) is 0 Å². The Bertz CT molecular complexity index is 743. The van der Waals surface area contributed by atoms with Crippen LogP contribution in [0.5, 0.6) is 0 Å². The third-order valence-corrected chi connectivity index (χ3v) is 5.62. The number of rotatable bonds is 17. The first-order valence-electron chi connectivity index (χ1n) is 11.5. The summed E-state index contributed by atoms with van der Waals surface area (Å²) in [6.07, 6.45) is 15.4. The number of epoxide rings is 1. The summed E-state index contributed by atoms with van der Waals surface area (Å²) >= 11 is 0. The maximum atomic E-state index is 11.9. The maximum absolute atomic E-state index is 11.9. The van der Waals surface area contributed by atoms with Gasteiger partial charge in [0.05, 0.1) is 0 Å². The summed E-state index contributed by atoms with van der Waals surface area (Å²) in [4.78, 5) is 33.5. The first-order valence-corrected chi connectivity index (χ1v) is 11.5. The number of hydrogen-bond acceptors (Lipinski definition) is 6. The lowest BCUT2D eigenvalue weighted by molar-refractivity contribution is -0.142. The summed E-state index contributed by atoms with van der Waals surface area (Å²) in [6, 6.07) is 0. The third kappa shape index (κ3) is 10.5. The molecular formula is C26H38O6. The molecule has 1 aliphatic heterocycles. The van der Waals surface area contributed by atoms with Crippen molar-refractivity contribution in [3.63, 3.8) is 0 Å². The first-order chi connectivity index (χ1) is 15.2. The molecule has 1 heterocycles. The Balaban J connectivity index is 2.21. The second kappa shape index (κ2) is 14.9. The van der Waals surface area contributed by atoms with Gasteiger partial charge in [0.25, 0.3) is 11.6 Å². The average molecular weight is 447 g/mol. The Hall–Kier alpha value is -2.11. The predicted molar refractivity (Wildman–Crippen MR) is 124 cm³/mol. The molecule has 6 nitrogen and oxygen atoms in total. The molecule has 3 unspecified atom stereocenters. The summed E-state index contributed by atoms with van der Waals surface area (Å²) < 4.78 is 4.94. The van der Waals surface area contributed by atoms with E-state index in [1.807, 2.05) is 38.2 Å². The molecule has 0 aromatic carbocycles. The van der Waals surface area contributed by atoms with Crippen LogP contribution in [0.25, 0.3) is 0 Å². The topological polar surface area (TPSA) is 104 Å². The molecule has 1 rings (SSSR count). The lowest BCUT2D eigenvalue weighted by Gasteiger charge is -2.13. The van der Waals surface area contributed by atoms with Crippen molar-refractivity contribution in [2.24, 2.45) is 11.8 Å². The van der Waals surface area contributed by atoms with Gasteiger partial charge in [-0.1, -0.05) is 51.0 Å². The molecule has 1 saturated heterocycles. The van der Waals surface area contributed by atoms with Gasteiger partial charge >= 0.3 is 0 Å². The summed E-state index contributed by atoms with van der Waals surface area (Å²) in [6.45, 7) is 6.14. The van der Waals surface area contributed by atoms with E-state index in [1.165, 1.54) is 0 Å². The number of ether oxygens (including phenoxy) is 1. The van der Waals surface area contributed by atoms with Crippen molar-refractivity contribution in [2.45, 2.75) is 84.0 Å². The second-order valence-corrected chi connectivity index (χ2v) is 8.65. The molecule has 0 aliphatic carbocycles. The monoisotopic (exact) mass is 446 g/mol. The minimum Gasteiger partial charge on any atom is -0.396 e. The van der Waals surface area contributed by atoms with Crippen molar-refractivity contribution in [1.82, 2.24) is 0 Å². The standard InChI is InChI=1S/C26H38O6/c1-20(13-9-6-10-16-25-26(31,32-25)24(30)19-28)12-7-4-5-8-14-21(2)18-22(3)23(29)15-11-17-27/h4-5,7-8,14,19,21-22,25,27,31H,6,9-11,13,15-18H2,1-3H3/b5-4+,14-8+/t12?,21-,22?,25?,26?/m1/s1. The van der Waals surface area contributed by atoms with Crippen molar-refractivity contribution < 1.29 is 29.3 Å². The Labute approximate surface area is 191 Å². The number of unbranched alkanes of at least 4 members (excludes halogenated alkanes) is 2. The van der Waals surface area contributed by atoms with Crippen LogP contribution in [0.15, 0.2) is 41.7 Å². The van der Waals surface area contributed by atoms with Gasteiger partial charge in [-0.15, -0.1) is 5.73 Å². The highest BCUT2D eigenvalue weighted by Gasteiger charge is 2.60. The van der Waals surface area contributed by atoms with Crippen LogP contribution in [0.2, 0.25) is 0 Å². The van der Waals surface area contributed by atoms with E-state index in [2.05, 4.69) is 18.7 Å². The maximum Gasteiger partial charge on any atom is 0.261 e. The van der Waals surface area contributed by atoms with Gasteiger partial charge in [0.15, 0.2) is 6.29 Å². The Morgan fingerprint density at radius 2 is 1.84 bits per heavy atom. The van der Waals surface area contributed by atoms with Crippen LogP contribution in [0.1, 0.15) is 72.1 Å². The van der Waals surface area contributed by atoms with Crippen LogP contribution in [-0.4, -0.2) is 46.6 Å².